The Morgan fingerprint density at radius 1 is 1.00 bits per heavy atom. The van der Waals surface area contributed by atoms with Crippen LogP contribution in [0.25, 0.3) is 11.4 Å². The molecule has 2 N–H and O–H groups in total. The van der Waals surface area contributed by atoms with Crippen molar-refractivity contribution in [1.82, 2.24) is 45.3 Å². The number of carbonyl (C=O) groups is 3. The van der Waals surface area contributed by atoms with Crippen LogP contribution in [0.3, 0.4) is 0 Å². The topological polar surface area (TPSA) is 171 Å². The van der Waals surface area contributed by atoms with Gasteiger partial charge in [0.1, 0.15) is 38.7 Å². The molecule has 344 valence electrons. The molecule has 0 radical (unpaired) electrons. The maximum Gasteiger partial charge on any atom is 0.437 e. The Hall–Kier alpha value is -6.22. The third-order valence-electron chi connectivity index (χ3n) is 10.9. The molecule has 2 aliphatic rings. The number of amides is 3. The van der Waals surface area contributed by atoms with E-state index in [1.54, 1.807) is 59.3 Å². The predicted octanol–water partition coefficient (Wildman–Crippen LogP) is 8.30. The molecule has 65 heavy (non-hydrogen) atoms. The van der Waals surface area contributed by atoms with E-state index in [0.717, 1.165) is 21.2 Å². The van der Waals surface area contributed by atoms with Gasteiger partial charge in [0.2, 0.25) is 5.96 Å². The van der Waals surface area contributed by atoms with Crippen molar-refractivity contribution < 1.29 is 45.8 Å². The average Bonchev–Trinajstić information content (AvgIpc) is 3.53. The van der Waals surface area contributed by atoms with Gasteiger partial charge in [-0.2, -0.15) is 18.3 Å². The van der Waals surface area contributed by atoms with E-state index < -0.39 is 73.7 Å². The summed E-state index contributed by atoms with van der Waals surface area (Å²) in [5.74, 6) is -1.85. The van der Waals surface area contributed by atoms with Crippen molar-refractivity contribution in [2.45, 2.75) is 96.0 Å². The van der Waals surface area contributed by atoms with E-state index in [2.05, 4.69) is 50.3 Å². The van der Waals surface area contributed by atoms with Gasteiger partial charge in [-0.1, -0.05) is 106 Å². The highest BCUT2D eigenvalue weighted by Crippen LogP contribution is 2.49. The number of guanidine groups is 1. The van der Waals surface area contributed by atoms with Crippen LogP contribution in [0.4, 0.5) is 31.5 Å². The third-order valence-corrected chi connectivity index (χ3v) is 13.0. The number of benzene rings is 3. The Balaban J connectivity index is 1.36. The molecule has 0 spiro atoms. The highest BCUT2D eigenvalue weighted by molar-refractivity contribution is 6.88. The molecule has 2 atom stereocenters. The Morgan fingerprint density at radius 3 is 2.29 bits per heavy atom. The van der Waals surface area contributed by atoms with Gasteiger partial charge in [-0.3, -0.25) is 9.69 Å². The molecule has 3 heterocycles. The summed E-state index contributed by atoms with van der Waals surface area (Å²) in [5.41, 5.74) is -3.20. The van der Waals surface area contributed by atoms with Crippen LogP contribution in [-0.4, -0.2) is 85.1 Å². The van der Waals surface area contributed by atoms with Crippen LogP contribution in [-0.2, 0) is 26.4 Å². The summed E-state index contributed by atoms with van der Waals surface area (Å²) in [5, 5.41) is 18.5. The summed E-state index contributed by atoms with van der Waals surface area (Å²) >= 11 is 6.55. The van der Waals surface area contributed by atoms with E-state index in [1.165, 1.54) is 18.2 Å². The second-order valence-electron chi connectivity index (χ2n) is 18.1. The van der Waals surface area contributed by atoms with E-state index in [-0.39, 0.29) is 48.1 Å². The summed E-state index contributed by atoms with van der Waals surface area (Å²) in [6, 6.07) is 18.1. The molecule has 22 heteroatoms. The predicted molar refractivity (Wildman–Crippen MR) is 231 cm³/mol. The van der Waals surface area contributed by atoms with Gasteiger partial charge in [0.05, 0.1) is 27.8 Å². The van der Waals surface area contributed by atoms with E-state index in [4.69, 9.17) is 21.1 Å². The first-order valence-electron chi connectivity index (χ1n) is 20.4. The van der Waals surface area contributed by atoms with Gasteiger partial charge in [-0.25, -0.2) is 32.7 Å². The Morgan fingerprint density at radius 2 is 1.69 bits per heavy atom. The molecule has 0 bridgehead atoms. The number of rotatable bonds is 13. The van der Waals surface area contributed by atoms with Gasteiger partial charge in [0.25, 0.3) is 12.3 Å². The molecule has 7 rings (SSSR count). The van der Waals surface area contributed by atoms with E-state index in [1.807, 2.05) is 32.3 Å². The highest BCUT2D eigenvalue weighted by Gasteiger charge is 2.65. The van der Waals surface area contributed by atoms with Crippen LogP contribution in [0.5, 0.6) is 0 Å². The van der Waals surface area contributed by atoms with Crippen molar-refractivity contribution in [2.24, 2.45) is 10.4 Å². The highest BCUT2D eigenvalue weighted by atomic mass is 35.5. The number of aromatic nitrogens is 6. The first-order valence-corrected chi connectivity index (χ1v) is 24.3. The lowest BCUT2D eigenvalue weighted by molar-refractivity contribution is -0.164. The number of nitrogens with zero attached hydrogens (tertiary/aromatic N) is 8. The van der Waals surface area contributed by atoms with Crippen LogP contribution in [0.1, 0.15) is 75.0 Å². The lowest BCUT2D eigenvalue weighted by Crippen LogP contribution is -2.49. The molecule has 1 saturated carbocycles. The SMILES string of the molecule is CC(C)(C)C[C@]1(c2ccc(-n3cc([Si](C)(C)C)nn3)cc2)NC(=NC(=O)OCc2ccccc2)N([C@H](COC(=O)NC2(C(F)(F)F)CC2)c2ccc(Cl)c(-n3ncnc3C(F)F)c2)C1=O. The second-order valence-corrected chi connectivity index (χ2v) is 23.5. The number of halogens is 6. The minimum Gasteiger partial charge on any atom is -0.447 e. The summed E-state index contributed by atoms with van der Waals surface area (Å²) < 4.78 is 83.5. The number of carbonyl (C=O) groups excluding carboxylic acids is 3. The fraction of sp³-hybridized carbons (Fsp3) is 0.395. The zero-order chi connectivity index (χ0) is 47.1. The molecule has 3 amide bonds. The number of alkyl halides is 5. The van der Waals surface area contributed by atoms with Crippen molar-refractivity contribution in [3.63, 3.8) is 0 Å². The molecule has 1 saturated heterocycles. The molecular formula is C43H46ClF5N10O5Si. The first kappa shape index (κ1) is 46.8. The number of ether oxygens (including phenoxy) is 2. The van der Waals surface area contributed by atoms with Crippen molar-refractivity contribution in [2.75, 3.05) is 6.61 Å². The summed E-state index contributed by atoms with van der Waals surface area (Å²) in [6.45, 7) is 11.1. The lowest BCUT2D eigenvalue weighted by Gasteiger charge is -2.35. The van der Waals surface area contributed by atoms with Crippen molar-refractivity contribution in [3.8, 4) is 11.4 Å². The quantitative estimate of drug-likeness (QED) is 0.0865. The zero-order valence-electron chi connectivity index (χ0n) is 36.2. The molecular weight excluding hydrogens is 895 g/mol. The normalized spacial score (nSPS) is 18.4. The second kappa shape index (κ2) is 17.6. The maximum atomic E-state index is 15.6. The molecule has 15 nitrogen and oxygen atoms in total. The van der Waals surface area contributed by atoms with Gasteiger partial charge in [0.15, 0.2) is 5.82 Å². The minimum absolute atomic E-state index is 0.0664. The molecule has 1 aliphatic heterocycles. The molecule has 2 aromatic heterocycles. The van der Waals surface area contributed by atoms with Gasteiger partial charge in [0, 0.05) is 6.20 Å². The van der Waals surface area contributed by atoms with Crippen LogP contribution in [0.15, 0.2) is 90.3 Å². The van der Waals surface area contributed by atoms with Gasteiger partial charge >= 0.3 is 18.4 Å². The molecule has 1 aliphatic carbocycles. The van der Waals surface area contributed by atoms with Gasteiger partial charge < -0.3 is 20.1 Å². The van der Waals surface area contributed by atoms with Crippen LogP contribution >= 0.6 is 11.6 Å². The number of aliphatic imine (C=N–C) groups is 1. The van der Waals surface area contributed by atoms with E-state index in [0.29, 0.717) is 16.8 Å². The van der Waals surface area contributed by atoms with Crippen LogP contribution < -0.4 is 16.0 Å². The largest absolute Gasteiger partial charge is 0.447 e. The van der Waals surface area contributed by atoms with Crippen LogP contribution in [0.2, 0.25) is 24.7 Å². The lowest BCUT2D eigenvalue weighted by atomic mass is 9.75. The Kier molecular flexibility index (Phi) is 12.7. The fourth-order valence-electron chi connectivity index (χ4n) is 7.46. The monoisotopic (exact) mass is 940 g/mol. The van der Waals surface area contributed by atoms with Crippen molar-refractivity contribution in [3.05, 3.63) is 113 Å². The Labute approximate surface area is 376 Å². The first-order chi connectivity index (χ1) is 30.5. The summed E-state index contributed by atoms with van der Waals surface area (Å²) in [6.07, 6.45) is -8.38. The van der Waals surface area contributed by atoms with Gasteiger partial charge in [-0.15, -0.1) is 10.1 Å². The van der Waals surface area contributed by atoms with Crippen molar-refractivity contribution >= 4 is 49.0 Å². The molecule has 5 aromatic rings. The van der Waals surface area contributed by atoms with Crippen LogP contribution in [0, 0.1) is 5.41 Å². The summed E-state index contributed by atoms with van der Waals surface area (Å²) in [4.78, 5) is 51.5. The third kappa shape index (κ3) is 10.0. The Bertz CT molecular complexity index is 2590. The number of hydrogen-bond acceptors (Lipinski definition) is 9. The molecule has 3 aromatic carbocycles. The minimum atomic E-state index is -4.78. The van der Waals surface area contributed by atoms with E-state index in [9.17, 15) is 31.5 Å². The number of hydrogen-bond donors (Lipinski definition) is 2. The molecule has 2 fully saturated rings. The average molecular weight is 941 g/mol. The summed E-state index contributed by atoms with van der Waals surface area (Å²) in [7, 11) is -1.82. The maximum absolute atomic E-state index is 15.6. The standard InChI is InChI=1S/C43H46ClF5N10O5Si/c1-40(2,3)24-42(28-13-15-29(16-14-28)57-21-33(55-56-57)65(4,5)6)36(60)58(37(53-42)52-38(61)63-22-26-10-8-7-9-11-26)32(23-64-39(62)54-41(18-19-41)43(47,48)49)27-12-17-30(44)31(20-27)59-35(34(45)46)50-25-51-59/h7-17,20-21,25,32,34H,18-19,22-24H2,1-6H3,(H,54,62)(H,52,53,61)/t32-,42-/m1/s1. The zero-order valence-corrected chi connectivity index (χ0v) is 37.9. The van der Waals surface area contributed by atoms with Crippen molar-refractivity contribution in [1.29, 1.82) is 0 Å². The van der Waals surface area contributed by atoms with E-state index >= 15 is 4.79 Å². The smallest absolute Gasteiger partial charge is 0.437 e. The number of alkyl carbamates (subject to hydrolysis) is 1. The fourth-order valence-corrected chi connectivity index (χ4v) is 8.51. The van der Waals surface area contributed by atoms with Gasteiger partial charge in [-0.05, 0) is 65.6 Å². The number of nitrogens with one attached hydrogen (secondary N) is 2. The molecule has 0 unspecified atom stereocenters.